The summed E-state index contributed by atoms with van der Waals surface area (Å²) in [6.45, 7) is 6.62. The number of aromatic nitrogens is 2. The molecule has 0 aliphatic carbocycles. The predicted molar refractivity (Wildman–Crippen MR) is 106 cm³/mol. The molecule has 0 radical (unpaired) electrons. The van der Waals surface area contributed by atoms with Crippen molar-refractivity contribution in [3.05, 3.63) is 83.6 Å². The Labute approximate surface area is 154 Å². The van der Waals surface area contributed by atoms with Crippen LogP contribution >= 0.6 is 0 Å². The molecule has 0 spiro atoms. The first-order valence-corrected chi connectivity index (χ1v) is 10.1. The summed E-state index contributed by atoms with van der Waals surface area (Å²) in [7, 11) is 0. The van der Waals surface area contributed by atoms with Crippen molar-refractivity contribution < 1.29 is 0 Å². The third-order valence-electron chi connectivity index (χ3n) is 4.34. The molecular weight excluding hydrogens is 371 g/mol. The normalized spacial score (nSPS) is 11.2. The second-order valence-corrected chi connectivity index (χ2v) is 8.49. The van der Waals surface area contributed by atoms with Gasteiger partial charge in [0.25, 0.3) is 0 Å². The number of pyridine rings is 1. The van der Waals surface area contributed by atoms with Gasteiger partial charge in [-0.05, 0) is 0 Å². The molecule has 0 saturated carbocycles. The van der Waals surface area contributed by atoms with Crippen LogP contribution in [-0.4, -0.2) is 24.3 Å². The topological polar surface area (TPSA) is 17.3 Å². The van der Waals surface area contributed by atoms with Crippen LogP contribution in [0.15, 0.2) is 66.9 Å². The first-order valence-electron chi connectivity index (χ1n) is 8.41. The quantitative estimate of drug-likeness (QED) is 0.488. The van der Waals surface area contributed by atoms with Gasteiger partial charge in [-0.15, -0.1) is 0 Å². The number of hydrogen-bond donors (Lipinski definition) is 0. The van der Waals surface area contributed by atoms with E-state index in [9.17, 15) is 0 Å². The van der Waals surface area contributed by atoms with E-state index in [0.29, 0.717) is 0 Å². The molecule has 0 saturated heterocycles. The molecule has 124 valence electrons. The molecule has 0 amide bonds. The Morgan fingerprint density at radius 3 is 2.24 bits per heavy atom. The van der Waals surface area contributed by atoms with Crippen molar-refractivity contribution in [3.8, 4) is 11.3 Å². The summed E-state index contributed by atoms with van der Waals surface area (Å²) in [6, 6.07) is 21.3. The number of hydrogen-bond acceptors (Lipinski definition) is 1. The van der Waals surface area contributed by atoms with Gasteiger partial charge in [0.05, 0.1) is 0 Å². The van der Waals surface area contributed by atoms with Gasteiger partial charge in [-0.1, -0.05) is 0 Å². The van der Waals surface area contributed by atoms with Crippen molar-refractivity contribution in [2.45, 2.75) is 20.8 Å². The minimum absolute atomic E-state index is 0.188. The number of benzene rings is 2. The van der Waals surface area contributed by atoms with Gasteiger partial charge in [-0.25, -0.2) is 0 Å². The number of aryl methyl sites for hydroxylation is 3. The zero-order chi connectivity index (χ0) is 17.4. The zero-order valence-electron chi connectivity index (χ0n) is 14.7. The van der Waals surface area contributed by atoms with Gasteiger partial charge in [0.2, 0.25) is 0 Å². The summed E-state index contributed by atoms with van der Waals surface area (Å²) in [5.74, 6) is 0. The van der Waals surface area contributed by atoms with E-state index >= 15 is 0 Å². The van der Waals surface area contributed by atoms with Crippen LogP contribution in [0.5, 0.6) is 0 Å². The third-order valence-corrected chi connectivity index (χ3v) is 7.34. The molecule has 0 unspecified atom stereocenters. The maximum atomic E-state index is 4.93. The number of imidazole rings is 1. The molecule has 0 bridgehead atoms. The zero-order valence-corrected chi connectivity index (χ0v) is 16.4. The molecule has 2 aromatic carbocycles. The van der Waals surface area contributed by atoms with Crippen LogP contribution in [0.4, 0.5) is 0 Å². The van der Waals surface area contributed by atoms with Crippen LogP contribution in [0.25, 0.3) is 16.9 Å². The molecule has 0 fully saturated rings. The molecular formula is C22H20N2Se. The molecule has 4 aromatic rings. The molecule has 25 heavy (non-hydrogen) atoms. The van der Waals surface area contributed by atoms with E-state index in [1.54, 1.807) is 0 Å². The first kappa shape index (κ1) is 16.1. The van der Waals surface area contributed by atoms with Gasteiger partial charge in [-0.2, -0.15) is 0 Å². The Morgan fingerprint density at radius 1 is 0.840 bits per heavy atom. The summed E-state index contributed by atoms with van der Waals surface area (Å²) in [5, 5.41) is 0. The molecule has 3 heteroatoms. The van der Waals surface area contributed by atoms with Gasteiger partial charge >= 0.3 is 155 Å². The van der Waals surface area contributed by atoms with Crippen molar-refractivity contribution in [2.75, 3.05) is 0 Å². The first-order chi connectivity index (χ1) is 12.1. The van der Waals surface area contributed by atoms with Crippen LogP contribution in [0.1, 0.15) is 16.7 Å². The van der Waals surface area contributed by atoms with E-state index in [-0.39, 0.29) is 15.0 Å². The summed E-state index contributed by atoms with van der Waals surface area (Å²) in [6.07, 6.45) is 2.13. The number of nitrogens with zero attached hydrogens (tertiary/aromatic N) is 2. The van der Waals surface area contributed by atoms with E-state index in [1.807, 2.05) is 0 Å². The van der Waals surface area contributed by atoms with Crippen molar-refractivity contribution >= 4 is 29.7 Å². The SMILES string of the molecule is Cc1cc(C)c([Se]c2c(-c3ccccc3)nc3ccccn23)c(C)c1. The fourth-order valence-corrected chi connectivity index (χ4v) is 5.68. The Bertz CT molecular complexity index is 1030. The van der Waals surface area contributed by atoms with Crippen molar-refractivity contribution in [1.29, 1.82) is 0 Å². The summed E-state index contributed by atoms with van der Waals surface area (Å²) < 4.78 is 5.02. The Morgan fingerprint density at radius 2 is 1.52 bits per heavy atom. The van der Waals surface area contributed by atoms with Crippen molar-refractivity contribution in [3.63, 3.8) is 0 Å². The molecule has 2 heterocycles. The second kappa shape index (κ2) is 6.51. The average molecular weight is 391 g/mol. The van der Waals surface area contributed by atoms with Crippen molar-refractivity contribution in [2.24, 2.45) is 0 Å². The van der Waals surface area contributed by atoms with Crippen LogP contribution in [0, 0.1) is 20.8 Å². The molecule has 0 aliphatic heterocycles. The van der Waals surface area contributed by atoms with Crippen LogP contribution in [0.3, 0.4) is 0 Å². The van der Waals surface area contributed by atoms with Crippen LogP contribution < -0.4 is 9.05 Å². The standard InChI is InChI=1S/C22H20N2Se/c1-15-13-16(2)21(17(3)14-15)25-22-20(18-9-5-4-6-10-18)23-19-11-7-8-12-24(19)22/h4-14H,1-3H3. The van der Waals surface area contributed by atoms with E-state index < -0.39 is 0 Å². The van der Waals surface area contributed by atoms with Gasteiger partial charge in [-0.3, -0.25) is 0 Å². The van der Waals surface area contributed by atoms with Crippen LogP contribution in [0.2, 0.25) is 0 Å². The Hall–Kier alpha value is -2.35. The fraction of sp³-hybridized carbons (Fsp3) is 0.136. The average Bonchev–Trinajstić information content (AvgIpc) is 2.97. The maximum absolute atomic E-state index is 4.93. The van der Waals surface area contributed by atoms with E-state index in [2.05, 4.69) is 92.0 Å². The van der Waals surface area contributed by atoms with E-state index in [4.69, 9.17) is 4.98 Å². The molecule has 2 aromatic heterocycles. The summed E-state index contributed by atoms with van der Waals surface area (Å²) in [5.41, 5.74) is 7.39. The molecule has 2 nitrogen and oxygen atoms in total. The Kier molecular flexibility index (Phi) is 4.20. The van der Waals surface area contributed by atoms with E-state index in [0.717, 1.165) is 11.3 Å². The predicted octanol–water partition coefficient (Wildman–Crippen LogP) is 3.58. The monoisotopic (exact) mass is 392 g/mol. The third kappa shape index (κ3) is 3.02. The minimum atomic E-state index is 0.188. The number of fused-ring (bicyclic) bond motifs is 1. The number of rotatable bonds is 3. The summed E-state index contributed by atoms with van der Waals surface area (Å²) >= 11 is 0.188. The van der Waals surface area contributed by atoms with Gasteiger partial charge < -0.3 is 0 Å². The second-order valence-electron chi connectivity index (χ2n) is 6.39. The molecule has 0 aliphatic rings. The van der Waals surface area contributed by atoms with Gasteiger partial charge in [0, 0.05) is 0 Å². The molecule has 4 rings (SSSR count). The van der Waals surface area contributed by atoms with E-state index in [1.165, 1.54) is 31.3 Å². The van der Waals surface area contributed by atoms with Gasteiger partial charge in [0.15, 0.2) is 0 Å². The van der Waals surface area contributed by atoms with Gasteiger partial charge in [0.1, 0.15) is 0 Å². The Balaban J connectivity index is 1.92. The van der Waals surface area contributed by atoms with Crippen LogP contribution in [-0.2, 0) is 0 Å². The molecule has 0 atom stereocenters. The molecule has 0 N–H and O–H groups in total. The van der Waals surface area contributed by atoms with Crippen molar-refractivity contribution in [1.82, 2.24) is 9.38 Å². The fourth-order valence-electron chi connectivity index (χ4n) is 3.28. The summed E-state index contributed by atoms with van der Waals surface area (Å²) in [4.78, 5) is 4.93.